The van der Waals surface area contributed by atoms with Gasteiger partial charge in [-0.15, -0.1) is 0 Å². The van der Waals surface area contributed by atoms with Crippen molar-refractivity contribution in [3.63, 3.8) is 0 Å². The van der Waals surface area contributed by atoms with Gasteiger partial charge in [-0.2, -0.15) is 0 Å². The van der Waals surface area contributed by atoms with Crippen LogP contribution in [0.1, 0.15) is 6.92 Å². The predicted octanol–water partition coefficient (Wildman–Crippen LogP) is 2.51. The van der Waals surface area contributed by atoms with Gasteiger partial charge in [0.25, 0.3) is 0 Å². The van der Waals surface area contributed by atoms with Crippen molar-refractivity contribution in [1.82, 2.24) is 0 Å². The molecule has 0 heterocycles. The zero-order valence-corrected chi connectivity index (χ0v) is 10.9. The lowest BCUT2D eigenvalue weighted by Gasteiger charge is -2.04. The minimum Gasteiger partial charge on any atom is -0.465 e. The highest BCUT2D eigenvalue weighted by Gasteiger charge is 2.11. The number of esters is 1. The smallest absolute Gasteiger partial charge is 0.318 e. The molecule has 0 aliphatic rings. The van der Waals surface area contributed by atoms with E-state index in [1.807, 2.05) is 36.4 Å². The van der Waals surface area contributed by atoms with E-state index in [1.54, 1.807) is 13.0 Å². The molecule has 1 atom stereocenters. The van der Waals surface area contributed by atoms with E-state index in [0.717, 1.165) is 10.8 Å². The number of rotatable bonds is 4. The van der Waals surface area contributed by atoms with Crippen LogP contribution in [0.25, 0.3) is 10.8 Å². The van der Waals surface area contributed by atoms with Crippen molar-refractivity contribution in [2.45, 2.75) is 11.8 Å². The van der Waals surface area contributed by atoms with Gasteiger partial charge in [0.05, 0.1) is 17.4 Å². The van der Waals surface area contributed by atoms with Crippen LogP contribution in [0.5, 0.6) is 0 Å². The lowest BCUT2D eigenvalue weighted by molar-refractivity contribution is -0.139. The summed E-state index contributed by atoms with van der Waals surface area (Å²) in [6.45, 7) is 2.05. The fourth-order valence-corrected chi connectivity index (χ4v) is 2.64. The van der Waals surface area contributed by atoms with Crippen molar-refractivity contribution in [2.75, 3.05) is 12.4 Å². The number of hydrogen-bond donors (Lipinski definition) is 0. The maximum atomic E-state index is 12.0. The molecule has 0 aliphatic carbocycles. The molecule has 0 fully saturated rings. The summed E-state index contributed by atoms with van der Waals surface area (Å²) in [6.07, 6.45) is 0. The molecule has 18 heavy (non-hydrogen) atoms. The Balaban J connectivity index is 2.20. The van der Waals surface area contributed by atoms with Gasteiger partial charge >= 0.3 is 5.97 Å². The summed E-state index contributed by atoms with van der Waals surface area (Å²) < 4.78 is 16.8. The first-order chi connectivity index (χ1) is 8.70. The first-order valence-electron chi connectivity index (χ1n) is 5.73. The number of ether oxygens (including phenoxy) is 1. The molecule has 2 aromatic rings. The van der Waals surface area contributed by atoms with Gasteiger partial charge in [-0.3, -0.25) is 9.00 Å². The number of benzene rings is 2. The molecule has 0 saturated heterocycles. The summed E-state index contributed by atoms with van der Waals surface area (Å²) in [6, 6.07) is 13.4. The molecule has 0 aliphatic heterocycles. The Hall–Kier alpha value is -1.68. The van der Waals surface area contributed by atoms with Gasteiger partial charge in [0.1, 0.15) is 5.75 Å². The molecule has 2 aromatic carbocycles. The van der Waals surface area contributed by atoms with Crippen LogP contribution < -0.4 is 0 Å². The highest BCUT2D eigenvalue weighted by molar-refractivity contribution is 7.85. The Morgan fingerprint density at radius 2 is 1.89 bits per heavy atom. The molecule has 0 spiro atoms. The monoisotopic (exact) mass is 262 g/mol. The van der Waals surface area contributed by atoms with E-state index in [1.165, 1.54) is 0 Å². The van der Waals surface area contributed by atoms with E-state index in [-0.39, 0.29) is 5.75 Å². The van der Waals surface area contributed by atoms with Gasteiger partial charge < -0.3 is 4.74 Å². The van der Waals surface area contributed by atoms with E-state index in [4.69, 9.17) is 4.74 Å². The average molecular weight is 262 g/mol. The van der Waals surface area contributed by atoms with Crippen LogP contribution >= 0.6 is 0 Å². The molecule has 0 radical (unpaired) electrons. The number of hydrogen-bond acceptors (Lipinski definition) is 3. The summed E-state index contributed by atoms with van der Waals surface area (Å²) in [4.78, 5) is 11.9. The van der Waals surface area contributed by atoms with Gasteiger partial charge in [-0.1, -0.05) is 30.3 Å². The first-order valence-corrected chi connectivity index (χ1v) is 7.05. The van der Waals surface area contributed by atoms with E-state index in [2.05, 4.69) is 0 Å². The molecular formula is C14H14O3S. The normalized spacial score (nSPS) is 12.3. The van der Waals surface area contributed by atoms with Crippen molar-refractivity contribution >= 4 is 27.5 Å². The van der Waals surface area contributed by atoms with Crippen LogP contribution in [0.3, 0.4) is 0 Å². The summed E-state index contributed by atoms with van der Waals surface area (Å²) in [5.74, 6) is -0.518. The van der Waals surface area contributed by atoms with Gasteiger partial charge in [0.2, 0.25) is 0 Å². The first kappa shape index (κ1) is 12.8. The van der Waals surface area contributed by atoms with E-state index in [0.29, 0.717) is 11.5 Å². The minimum absolute atomic E-state index is 0.0911. The maximum absolute atomic E-state index is 12.0. The Kier molecular flexibility index (Phi) is 4.10. The molecule has 4 heteroatoms. The molecule has 0 saturated carbocycles. The number of fused-ring (bicyclic) bond motifs is 1. The third kappa shape index (κ3) is 2.96. The Morgan fingerprint density at radius 3 is 2.61 bits per heavy atom. The van der Waals surface area contributed by atoms with Gasteiger partial charge in [0.15, 0.2) is 0 Å². The SMILES string of the molecule is CCOC(=O)CS(=O)c1ccc2ccccc2c1. The third-order valence-corrected chi connectivity index (χ3v) is 3.82. The van der Waals surface area contributed by atoms with Crippen molar-refractivity contribution in [3.8, 4) is 0 Å². The minimum atomic E-state index is -1.35. The topological polar surface area (TPSA) is 43.4 Å². The predicted molar refractivity (Wildman–Crippen MR) is 71.9 cm³/mol. The van der Waals surface area contributed by atoms with E-state index >= 15 is 0 Å². The Labute approximate surface area is 108 Å². The lowest BCUT2D eigenvalue weighted by atomic mass is 10.1. The standard InChI is InChI=1S/C14H14O3S/c1-2-17-14(15)10-18(16)13-8-7-11-5-3-4-6-12(11)9-13/h3-9H,2,10H2,1H3. The highest BCUT2D eigenvalue weighted by atomic mass is 32.2. The lowest BCUT2D eigenvalue weighted by Crippen LogP contribution is -2.14. The summed E-state index contributed by atoms with van der Waals surface area (Å²) in [7, 11) is -1.35. The fraction of sp³-hybridized carbons (Fsp3) is 0.214. The van der Waals surface area contributed by atoms with Crippen molar-refractivity contribution in [3.05, 3.63) is 42.5 Å². The van der Waals surface area contributed by atoms with E-state index < -0.39 is 16.8 Å². The summed E-state index contributed by atoms with van der Waals surface area (Å²) in [5, 5.41) is 2.11. The highest BCUT2D eigenvalue weighted by Crippen LogP contribution is 2.18. The molecule has 1 unspecified atom stereocenters. The maximum Gasteiger partial charge on any atom is 0.318 e. The average Bonchev–Trinajstić information content (AvgIpc) is 2.38. The van der Waals surface area contributed by atoms with Crippen molar-refractivity contribution in [2.24, 2.45) is 0 Å². The van der Waals surface area contributed by atoms with E-state index in [9.17, 15) is 9.00 Å². The third-order valence-electron chi connectivity index (χ3n) is 2.54. The van der Waals surface area contributed by atoms with Crippen LogP contribution in [0.4, 0.5) is 0 Å². The molecule has 3 nitrogen and oxygen atoms in total. The van der Waals surface area contributed by atoms with Crippen LogP contribution in [0.15, 0.2) is 47.4 Å². The van der Waals surface area contributed by atoms with Gasteiger partial charge in [0, 0.05) is 4.90 Å². The molecule has 94 valence electrons. The van der Waals surface area contributed by atoms with Crippen molar-refractivity contribution in [1.29, 1.82) is 0 Å². The molecule has 0 aromatic heterocycles. The van der Waals surface area contributed by atoms with Crippen molar-refractivity contribution < 1.29 is 13.7 Å². The second-order valence-corrected chi connectivity index (χ2v) is 5.25. The number of carbonyl (C=O) groups excluding carboxylic acids is 1. The summed E-state index contributed by atoms with van der Waals surface area (Å²) in [5.41, 5.74) is 0. The largest absolute Gasteiger partial charge is 0.465 e. The molecular weight excluding hydrogens is 248 g/mol. The Morgan fingerprint density at radius 1 is 1.17 bits per heavy atom. The fourth-order valence-electron chi connectivity index (χ4n) is 1.70. The zero-order chi connectivity index (χ0) is 13.0. The van der Waals surface area contributed by atoms with Gasteiger partial charge in [-0.25, -0.2) is 0 Å². The van der Waals surface area contributed by atoms with Crippen LogP contribution in [0.2, 0.25) is 0 Å². The zero-order valence-electron chi connectivity index (χ0n) is 10.1. The Bertz CT molecular complexity index is 592. The van der Waals surface area contributed by atoms with Crippen LogP contribution in [-0.2, 0) is 20.3 Å². The summed E-state index contributed by atoms with van der Waals surface area (Å²) >= 11 is 0. The van der Waals surface area contributed by atoms with Crippen LogP contribution in [-0.4, -0.2) is 22.5 Å². The second-order valence-electron chi connectivity index (χ2n) is 3.80. The second kappa shape index (κ2) is 5.78. The molecule has 0 N–H and O–H groups in total. The van der Waals surface area contributed by atoms with Gasteiger partial charge in [-0.05, 0) is 29.8 Å². The quantitative estimate of drug-likeness (QED) is 0.795. The molecule has 2 rings (SSSR count). The van der Waals surface area contributed by atoms with Crippen LogP contribution in [0, 0.1) is 0 Å². The molecule has 0 bridgehead atoms. The number of carbonyl (C=O) groups is 1. The molecule has 0 amide bonds.